The Bertz CT molecular complexity index is 743. The van der Waals surface area contributed by atoms with Crippen molar-refractivity contribution in [2.75, 3.05) is 5.32 Å². The van der Waals surface area contributed by atoms with Crippen LogP contribution < -0.4 is 10.6 Å². The first-order valence-corrected chi connectivity index (χ1v) is 8.30. The van der Waals surface area contributed by atoms with Crippen molar-refractivity contribution < 1.29 is 9.18 Å². The van der Waals surface area contributed by atoms with Gasteiger partial charge in [-0.25, -0.2) is 9.18 Å². The van der Waals surface area contributed by atoms with Gasteiger partial charge in [0.05, 0.1) is 6.04 Å². The summed E-state index contributed by atoms with van der Waals surface area (Å²) in [4.78, 5) is 12.1. The molecule has 128 valence electrons. The number of aromatic nitrogens is 3. The molecule has 7 heteroatoms. The van der Waals surface area contributed by atoms with E-state index in [9.17, 15) is 9.18 Å². The standard InChI is InChI=1S/C17H22FN5O/c1-11-7-8-13(10-14(11)18)20-17(24)19-12(2)16-22-21-15-6-4-3-5-9-23(15)16/h7-8,10,12H,3-6,9H2,1-2H3,(H2,19,20,24)/t12-/m0/s1. The number of fused-ring (bicyclic) bond motifs is 1. The normalized spacial score (nSPS) is 15.3. The SMILES string of the molecule is Cc1ccc(NC(=O)N[C@@H](C)c2nnc3n2CCCCC3)cc1F. The van der Waals surface area contributed by atoms with Crippen LogP contribution in [-0.4, -0.2) is 20.8 Å². The first-order chi connectivity index (χ1) is 11.5. The minimum atomic E-state index is -0.392. The molecule has 0 saturated carbocycles. The highest BCUT2D eigenvalue weighted by molar-refractivity contribution is 5.89. The first-order valence-electron chi connectivity index (χ1n) is 8.30. The Balaban J connectivity index is 1.66. The van der Waals surface area contributed by atoms with Gasteiger partial charge in [0, 0.05) is 18.7 Å². The van der Waals surface area contributed by atoms with Crippen LogP contribution >= 0.6 is 0 Å². The lowest BCUT2D eigenvalue weighted by Crippen LogP contribution is -2.32. The van der Waals surface area contributed by atoms with Gasteiger partial charge in [0.25, 0.3) is 0 Å². The second-order valence-electron chi connectivity index (χ2n) is 6.22. The van der Waals surface area contributed by atoms with Crippen molar-refractivity contribution in [1.29, 1.82) is 0 Å². The zero-order valence-electron chi connectivity index (χ0n) is 14.0. The fourth-order valence-corrected chi connectivity index (χ4v) is 2.93. The van der Waals surface area contributed by atoms with Crippen molar-refractivity contribution in [1.82, 2.24) is 20.1 Å². The highest BCUT2D eigenvalue weighted by atomic mass is 19.1. The van der Waals surface area contributed by atoms with Gasteiger partial charge in [-0.1, -0.05) is 12.5 Å². The van der Waals surface area contributed by atoms with Crippen LogP contribution in [0.3, 0.4) is 0 Å². The average Bonchev–Trinajstić information content (AvgIpc) is 2.80. The quantitative estimate of drug-likeness (QED) is 0.906. The van der Waals surface area contributed by atoms with Crippen LogP contribution in [0.15, 0.2) is 18.2 Å². The molecule has 0 saturated heterocycles. The predicted molar refractivity (Wildman–Crippen MR) is 89.3 cm³/mol. The molecule has 0 fully saturated rings. The maximum atomic E-state index is 13.5. The van der Waals surface area contributed by atoms with E-state index >= 15 is 0 Å². The topological polar surface area (TPSA) is 71.8 Å². The number of urea groups is 1. The number of nitrogens with zero attached hydrogens (tertiary/aromatic N) is 3. The van der Waals surface area contributed by atoms with E-state index in [1.54, 1.807) is 19.1 Å². The van der Waals surface area contributed by atoms with Gasteiger partial charge in [-0.15, -0.1) is 10.2 Å². The van der Waals surface area contributed by atoms with E-state index in [1.165, 1.54) is 12.5 Å². The van der Waals surface area contributed by atoms with Gasteiger partial charge >= 0.3 is 6.03 Å². The van der Waals surface area contributed by atoms with Crippen molar-refractivity contribution in [3.05, 3.63) is 41.2 Å². The third kappa shape index (κ3) is 3.55. The fourth-order valence-electron chi connectivity index (χ4n) is 2.93. The molecule has 0 radical (unpaired) electrons. The van der Waals surface area contributed by atoms with Gasteiger partial charge in [0.15, 0.2) is 5.82 Å². The second-order valence-corrected chi connectivity index (χ2v) is 6.22. The molecule has 3 rings (SSSR count). The van der Waals surface area contributed by atoms with Gasteiger partial charge in [0.2, 0.25) is 0 Å². The Morgan fingerprint density at radius 1 is 1.29 bits per heavy atom. The minimum absolute atomic E-state index is 0.278. The molecule has 0 spiro atoms. The van der Waals surface area contributed by atoms with Crippen LogP contribution in [0.1, 0.15) is 49.4 Å². The lowest BCUT2D eigenvalue weighted by molar-refractivity contribution is 0.248. The zero-order chi connectivity index (χ0) is 17.1. The molecule has 2 aromatic rings. The Labute approximate surface area is 140 Å². The van der Waals surface area contributed by atoms with Crippen LogP contribution in [0.5, 0.6) is 0 Å². The number of carbonyl (C=O) groups is 1. The summed E-state index contributed by atoms with van der Waals surface area (Å²) >= 11 is 0. The largest absolute Gasteiger partial charge is 0.328 e. The summed E-state index contributed by atoms with van der Waals surface area (Å²) in [6, 6.07) is 3.94. The number of amides is 2. The average molecular weight is 331 g/mol. The fraction of sp³-hybridized carbons (Fsp3) is 0.471. The Morgan fingerprint density at radius 3 is 2.92 bits per heavy atom. The van der Waals surface area contributed by atoms with Crippen LogP contribution in [0.25, 0.3) is 0 Å². The van der Waals surface area contributed by atoms with E-state index in [1.807, 2.05) is 6.92 Å². The zero-order valence-corrected chi connectivity index (χ0v) is 14.0. The number of nitrogens with one attached hydrogen (secondary N) is 2. The molecule has 1 aliphatic rings. The highest BCUT2D eigenvalue weighted by Gasteiger charge is 2.20. The molecule has 2 amide bonds. The van der Waals surface area contributed by atoms with E-state index in [0.717, 1.165) is 37.5 Å². The van der Waals surface area contributed by atoms with Gasteiger partial charge in [0.1, 0.15) is 11.6 Å². The van der Waals surface area contributed by atoms with Crippen molar-refractivity contribution in [2.45, 2.75) is 52.1 Å². The molecule has 0 unspecified atom stereocenters. The third-order valence-electron chi connectivity index (χ3n) is 4.30. The smallest absolute Gasteiger partial charge is 0.319 e. The van der Waals surface area contributed by atoms with E-state index in [-0.39, 0.29) is 11.9 Å². The van der Waals surface area contributed by atoms with Crippen molar-refractivity contribution in [3.8, 4) is 0 Å². The molecular formula is C17H22FN5O. The van der Waals surface area contributed by atoms with Crippen LogP contribution in [0.4, 0.5) is 14.9 Å². The molecule has 0 bridgehead atoms. The van der Waals surface area contributed by atoms with Crippen LogP contribution in [-0.2, 0) is 13.0 Å². The van der Waals surface area contributed by atoms with E-state index < -0.39 is 6.03 Å². The molecular weight excluding hydrogens is 309 g/mol. The maximum Gasteiger partial charge on any atom is 0.319 e. The Morgan fingerprint density at radius 2 is 2.12 bits per heavy atom. The molecule has 0 aliphatic carbocycles. The second kappa shape index (κ2) is 6.98. The molecule has 6 nitrogen and oxygen atoms in total. The predicted octanol–water partition coefficient (Wildman–Crippen LogP) is 3.33. The Kier molecular flexibility index (Phi) is 4.78. The molecule has 1 atom stereocenters. The van der Waals surface area contributed by atoms with Crippen molar-refractivity contribution >= 4 is 11.7 Å². The summed E-state index contributed by atoms with van der Waals surface area (Å²) in [7, 11) is 0. The van der Waals surface area contributed by atoms with Gasteiger partial charge in [-0.3, -0.25) is 0 Å². The number of halogens is 1. The number of anilines is 1. The summed E-state index contributed by atoms with van der Waals surface area (Å²) in [6.45, 7) is 4.43. The summed E-state index contributed by atoms with van der Waals surface area (Å²) < 4.78 is 15.6. The number of carbonyl (C=O) groups excluding carboxylic acids is 1. The van der Waals surface area contributed by atoms with Crippen molar-refractivity contribution in [2.24, 2.45) is 0 Å². The summed E-state index contributed by atoms with van der Waals surface area (Å²) in [6.07, 6.45) is 4.33. The lowest BCUT2D eigenvalue weighted by Gasteiger charge is -2.16. The number of aryl methyl sites for hydroxylation is 2. The van der Waals surface area contributed by atoms with Crippen LogP contribution in [0.2, 0.25) is 0 Å². The number of hydrogen-bond donors (Lipinski definition) is 2. The van der Waals surface area contributed by atoms with Gasteiger partial charge < -0.3 is 15.2 Å². The molecule has 1 aromatic heterocycles. The van der Waals surface area contributed by atoms with E-state index in [2.05, 4.69) is 25.4 Å². The minimum Gasteiger partial charge on any atom is -0.328 e. The van der Waals surface area contributed by atoms with Gasteiger partial charge in [-0.05, 0) is 44.4 Å². The van der Waals surface area contributed by atoms with Gasteiger partial charge in [-0.2, -0.15) is 0 Å². The number of hydrogen-bond acceptors (Lipinski definition) is 3. The van der Waals surface area contributed by atoms with E-state index in [0.29, 0.717) is 11.3 Å². The van der Waals surface area contributed by atoms with E-state index in [4.69, 9.17) is 0 Å². The number of benzene rings is 1. The monoisotopic (exact) mass is 331 g/mol. The number of rotatable bonds is 3. The molecule has 2 N–H and O–H groups in total. The molecule has 2 heterocycles. The molecule has 1 aliphatic heterocycles. The van der Waals surface area contributed by atoms with Crippen molar-refractivity contribution in [3.63, 3.8) is 0 Å². The summed E-state index contributed by atoms with van der Waals surface area (Å²) in [5, 5.41) is 14.0. The lowest BCUT2D eigenvalue weighted by atomic mass is 10.2. The maximum absolute atomic E-state index is 13.5. The summed E-state index contributed by atoms with van der Waals surface area (Å²) in [5.74, 6) is 1.40. The first kappa shape index (κ1) is 16.4. The third-order valence-corrected chi connectivity index (χ3v) is 4.30. The highest BCUT2D eigenvalue weighted by Crippen LogP contribution is 2.19. The van der Waals surface area contributed by atoms with Crippen LogP contribution in [0, 0.1) is 12.7 Å². The molecule has 24 heavy (non-hydrogen) atoms. The Hall–Kier alpha value is -2.44. The molecule has 1 aromatic carbocycles. The summed E-state index contributed by atoms with van der Waals surface area (Å²) in [5.41, 5.74) is 0.961.